The highest BCUT2D eigenvalue weighted by Crippen LogP contribution is 2.44. The number of halogens is 1. The molecule has 47 heavy (non-hydrogen) atoms. The van der Waals surface area contributed by atoms with Crippen LogP contribution in [0, 0.1) is 11.2 Å². The normalized spacial score (nSPS) is 13.3. The van der Waals surface area contributed by atoms with E-state index in [4.69, 9.17) is 10.7 Å². The van der Waals surface area contributed by atoms with Crippen LogP contribution in [0.5, 0.6) is 0 Å². The van der Waals surface area contributed by atoms with Crippen molar-refractivity contribution < 1.29 is 4.39 Å². The van der Waals surface area contributed by atoms with Crippen LogP contribution >= 0.6 is 0 Å². The quantitative estimate of drug-likeness (QED) is 0.146. The van der Waals surface area contributed by atoms with E-state index >= 15 is 0 Å². The van der Waals surface area contributed by atoms with Gasteiger partial charge < -0.3 is 10.3 Å². The summed E-state index contributed by atoms with van der Waals surface area (Å²) in [7, 11) is 0. The summed E-state index contributed by atoms with van der Waals surface area (Å²) in [5, 5.41) is 0. The van der Waals surface area contributed by atoms with Gasteiger partial charge in [0.25, 0.3) is 0 Å². The topological polar surface area (TPSA) is 56.7 Å². The Morgan fingerprint density at radius 1 is 0.745 bits per heavy atom. The highest BCUT2D eigenvalue weighted by Gasteiger charge is 2.41. The van der Waals surface area contributed by atoms with E-state index in [0.717, 1.165) is 57.9 Å². The maximum atomic E-state index is 13.5. The molecule has 0 saturated heterocycles. The number of nitrogens with two attached hydrogens (primary N) is 1. The zero-order chi connectivity index (χ0) is 33.0. The first kappa shape index (κ1) is 32.1. The van der Waals surface area contributed by atoms with Gasteiger partial charge in [-0.25, -0.2) is 9.37 Å². The van der Waals surface area contributed by atoms with Gasteiger partial charge >= 0.3 is 0 Å². The molecule has 2 atom stereocenters. The smallest absolute Gasteiger partial charge is 0.141 e. The maximum absolute atomic E-state index is 13.5. The van der Waals surface area contributed by atoms with Crippen molar-refractivity contribution in [1.29, 1.82) is 0 Å². The molecule has 238 valence electrons. The average Bonchev–Trinajstić information content (AvgIpc) is 3.52. The third kappa shape index (κ3) is 6.41. The SMILES string of the molecule is CCC(C)(C)Cc1cn(C(c2ccccc2)(c2ccccc2)c2ccccc2)c(C(C)C(N)c2ccc(-c3ccc(F)cn3)cc2)n1. The van der Waals surface area contributed by atoms with Crippen LogP contribution in [-0.4, -0.2) is 14.5 Å². The zero-order valence-corrected chi connectivity index (χ0v) is 27.6. The van der Waals surface area contributed by atoms with Crippen molar-refractivity contribution in [3.05, 3.63) is 179 Å². The second-order valence-corrected chi connectivity index (χ2v) is 13.3. The molecule has 0 saturated carbocycles. The van der Waals surface area contributed by atoms with Gasteiger partial charge in [-0.05, 0) is 46.2 Å². The van der Waals surface area contributed by atoms with Crippen LogP contribution in [0.4, 0.5) is 4.39 Å². The fourth-order valence-electron chi connectivity index (χ4n) is 6.56. The van der Waals surface area contributed by atoms with E-state index in [1.165, 1.54) is 12.3 Å². The number of pyridine rings is 1. The Labute approximate surface area is 278 Å². The van der Waals surface area contributed by atoms with Crippen molar-refractivity contribution >= 4 is 0 Å². The van der Waals surface area contributed by atoms with Crippen LogP contribution in [0.1, 0.15) is 79.8 Å². The summed E-state index contributed by atoms with van der Waals surface area (Å²) in [6.45, 7) is 9.03. The summed E-state index contributed by atoms with van der Waals surface area (Å²) in [5.41, 5.74) is 13.7. The molecule has 4 aromatic carbocycles. The van der Waals surface area contributed by atoms with Gasteiger partial charge in [0.05, 0.1) is 17.6 Å². The summed E-state index contributed by atoms with van der Waals surface area (Å²) in [5.74, 6) is 0.440. The zero-order valence-electron chi connectivity index (χ0n) is 27.6. The van der Waals surface area contributed by atoms with Crippen molar-refractivity contribution in [2.45, 2.75) is 58.0 Å². The molecule has 0 bridgehead atoms. The summed E-state index contributed by atoms with van der Waals surface area (Å²) >= 11 is 0. The Hall–Kier alpha value is -4.87. The molecule has 4 nitrogen and oxygen atoms in total. The first-order chi connectivity index (χ1) is 22.7. The van der Waals surface area contributed by atoms with Crippen LogP contribution in [0.3, 0.4) is 0 Å². The Kier molecular flexibility index (Phi) is 9.19. The Morgan fingerprint density at radius 2 is 1.28 bits per heavy atom. The number of hydrogen-bond acceptors (Lipinski definition) is 3. The van der Waals surface area contributed by atoms with Gasteiger partial charge in [-0.2, -0.15) is 0 Å². The van der Waals surface area contributed by atoms with E-state index in [9.17, 15) is 4.39 Å². The first-order valence-corrected chi connectivity index (χ1v) is 16.5. The van der Waals surface area contributed by atoms with E-state index in [0.29, 0.717) is 0 Å². The standard InChI is InChI=1S/C42H43FN4/c1-5-41(3,4)27-37-29-47(40(46-37)30(2)39(44)32-23-21-31(22-24-32)38-26-25-36(43)28-45-38)42(33-15-9-6-10-16-33,34-17-11-7-12-18-34)35-19-13-8-14-20-35/h6-26,28-30,39H,5,27,44H2,1-4H3. The second-order valence-electron chi connectivity index (χ2n) is 13.3. The van der Waals surface area contributed by atoms with Crippen LogP contribution in [0.2, 0.25) is 0 Å². The number of benzene rings is 4. The Balaban J connectivity index is 1.54. The molecule has 5 heteroatoms. The average molecular weight is 623 g/mol. The number of imidazole rings is 1. The molecule has 0 aliphatic carbocycles. The summed E-state index contributed by atoms with van der Waals surface area (Å²) in [4.78, 5) is 9.69. The van der Waals surface area contributed by atoms with Gasteiger partial charge in [-0.1, -0.05) is 149 Å². The minimum absolute atomic E-state index is 0.0843. The second kappa shape index (κ2) is 13.5. The van der Waals surface area contributed by atoms with Gasteiger partial charge in [-0.3, -0.25) is 4.98 Å². The fourth-order valence-corrected chi connectivity index (χ4v) is 6.56. The van der Waals surface area contributed by atoms with E-state index in [1.807, 2.05) is 12.1 Å². The molecule has 2 N–H and O–H groups in total. The van der Waals surface area contributed by atoms with Crippen molar-refractivity contribution in [1.82, 2.24) is 14.5 Å². The third-order valence-corrected chi connectivity index (χ3v) is 9.60. The van der Waals surface area contributed by atoms with E-state index in [-0.39, 0.29) is 23.2 Å². The number of aromatic nitrogens is 3. The van der Waals surface area contributed by atoms with Crippen molar-refractivity contribution in [2.75, 3.05) is 0 Å². The maximum Gasteiger partial charge on any atom is 0.141 e. The molecule has 0 fully saturated rings. The lowest BCUT2D eigenvalue weighted by Gasteiger charge is -2.39. The Morgan fingerprint density at radius 3 is 1.74 bits per heavy atom. The first-order valence-electron chi connectivity index (χ1n) is 16.5. The third-order valence-electron chi connectivity index (χ3n) is 9.60. The number of hydrogen-bond donors (Lipinski definition) is 1. The van der Waals surface area contributed by atoms with Gasteiger partial charge in [-0.15, -0.1) is 0 Å². The van der Waals surface area contributed by atoms with Crippen LogP contribution in [-0.2, 0) is 12.0 Å². The monoisotopic (exact) mass is 622 g/mol. The highest BCUT2D eigenvalue weighted by atomic mass is 19.1. The lowest BCUT2D eigenvalue weighted by Crippen LogP contribution is -2.39. The van der Waals surface area contributed by atoms with Gasteiger partial charge in [0.15, 0.2) is 0 Å². The van der Waals surface area contributed by atoms with Gasteiger partial charge in [0, 0.05) is 23.7 Å². The molecule has 2 heterocycles. The predicted molar refractivity (Wildman–Crippen MR) is 190 cm³/mol. The van der Waals surface area contributed by atoms with E-state index < -0.39 is 5.54 Å². The van der Waals surface area contributed by atoms with Crippen LogP contribution in [0.25, 0.3) is 11.3 Å². The molecule has 0 aliphatic rings. The van der Waals surface area contributed by atoms with E-state index in [2.05, 4.69) is 147 Å². The lowest BCUT2D eigenvalue weighted by molar-refractivity contribution is 0.345. The minimum Gasteiger partial charge on any atom is -0.323 e. The summed E-state index contributed by atoms with van der Waals surface area (Å²) in [6, 6.07) is 43.1. The van der Waals surface area contributed by atoms with Gasteiger partial charge in [0.2, 0.25) is 0 Å². The number of nitrogens with zero attached hydrogens (tertiary/aromatic N) is 3. The number of rotatable bonds is 11. The predicted octanol–water partition coefficient (Wildman–Crippen LogP) is 9.71. The van der Waals surface area contributed by atoms with Crippen molar-refractivity contribution in [2.24, 2.45) is 11.1 Å². The van der Waals surface area contributed by atoms with Crippen molar-refractivity contribution in [3.8, 4) is 11.3 Å². The molecular weight excluding hydrogens is 579 g/mol. The van der Waals surface area contributed by atoms with Crippen LogP contribution < -0.4 is 5.73 Å². The molecule has 6 aromatic rings. The summed E-state index contributed by atoms with van der Waals surface area (Å²) < 4.78 is 15.9. The molecule has 0 amide bonds. The molecule has 0 spiro atoms. The summed E-state index contributed by atoms with van der Waals surface area (Å²) in [6.07, 6.45) is 5.40. The molecule has 2 unspecified atom stereocenters. The molecule has 0 radical (unpaired) electrons. The van der Waals surface area contributed by atoms with Gasteiger partial charge in [0.1, 0.15) is 17.2 Å². The molecule has 2 aromatic heterocycles. The lowest BCUT2D eigenvalue weighted by atomic mass is 9.76. The largest absolute Gasteiger partial charge is 0.323 e. The van der Waals surface area contributed by atoms with Crippen molar-refractivity contribution in [3.63, 3.8) is 0 Å². The van der Waals surface area contributed by atoms with E-state index in [1.54, 1.807) is 6.07 Å². The highest BCUT2D eigenvalue weighted by molar-refractivity contribution is 5.59. The van der Waals surface area contributed by atoms with Crippen LogP contribution in [0.15, 0.2) is 140 Å². The molecule has 6 rings (SSSR count). The fraction of sp³-hybridized carbons (Fsp3) is 0.238. The minimum atomic E-state index is -0.702. The molecule has 0 aliphatic heterocycles. The Bertz CT molecular complexity index is 1780. The molecular formula is C42H43FN4.